The molecule has 2 aromatic heterocycles. The number of aryl methyl sites for hydroxylation is 2. The number of fused-ring (bicyclic) bond motifs is 1. The van der Waals surface area contributed by atoms with Crippen molar-refractivity contribution in [3.8, 4) is 6.07 Å². The molecule has 0 saturated carbocycles. The number of nitriles is 1. The molecule has 2 aliphatic rings. The number of hydrogen-bond donors (Lipinski definition) is 4. The van der Waals surface area contributed by atoms with Gasteiger partial charge in [-0.05, 0) is 77.3 Å². The van der Waals surface area contributed by atoms with Gasteiger partial charge in [-0.2, -0.15) is 5.26 Å². The number of likely N-dealkylation sites (tertiary alicyclic amines) is 1. The first-order valence-corrected chi connectivity index (χ1v) is 15.8. The van der Waals surface area contributed by atoms with Crippen molar-refractivity contribution in [2.45, 2.75) is 65.1 Å². The first-order valence-electron chi connectivity index (χ1n) is 15.0. The van der Waals surface area contributed by atoms with E-state index in [0.29, 0.717) is 44.0 Å². The molecule has 10 nitrogen and oxygen atoms in total. The van der Waals surface area contributed by atoms with Gasteiger partial charge in [0.2, 0.25) is 0 Å². The van der Waals surface area contributed by atoms with E-state index in [2.05, 4.69) is 74.5 Å². The van der Waals surface area contributed by atoms with E-state index in [4.69, 9.17) is 27.6 Å². The number of benzene rings is 2. The summed E-state index contributed by atoms with van der Waals surface area (Å²) in [7, 11) is 0. The van der Waals surface area contributed by atoms with Crippen LogP contribution in [-0.2, 0) is 0 Å². The van der Waals surface area contributed by atoms with E-state index in [1.54, 1.807) is 0 Å². The molecule has 0 radical (unpaired) electrons. The van der Waals surface area contributed by atoms with Gasteiger partial charge in [0.05, 0.1) is 33.2 Å². The van der Waals surface area contributed by atoms with Gasteiger partial charge in [-0.3, -0.25) is 14.9 Å². The minimum atomic E-state index is -0.410. The molecule has 0 aliphatic carbocycles. The summed E-state index contributed by atoms with van der Waals surface area (Å²) in [6.07, 6.45) is 7.17. The third-order valence-electron chi connectivity index (χ3n) is 8.57. The van der Waals surface area contributed by atoms with Crippen LogP contribution in [0.4, 0.5) is 17.1 Å². The van der Waals surface area contributed by atoms with Crippen molar-refractivity contribution in [1.82, 2.24) is 30.8 Å². The molecule has 4 N–H and O–H groups in total. The Morgan fingerprint density at radius 3 is 2.49 bits per heavy atom. The predicted octanol–water partition coefficient (Wildman–Crippen LogP) is 7.34. The number of nitrogens with one attached hydrogen (secondary N) is 4. The first-order chi connectivity index (χ1) is 21.5. The summed E-state index contributed by atoms with van der Waals surface area (Å²) in [5, 5.41) is 20.9. The van der Waals surface area contributed by atoms with E-state index in [9.17, 15) is 5.26 Å². The molecule has 45 heavy (non-hydrogen) atoms. The SMILES string of the molecule is Cc1ccc(Nc2c(C#N)cnc3c(Cl)cc(N[C@H](C4=CN(C5CCN(C(C)(C)C)CC5)NN4)c4ocnc4C)cc23)cc1Cl. The Bertz CT molecular complexity index is 1800. The second-order valence-electron chi connectivity index (χ2n) is 12.6. The van der Waals surface area contributed by atoms with Crippen LogP contribution in [0.15, 0.2) is 59.2 Å². The van der Waals surface area contributed by atoms with Gasteiger partial charge < -0.3 is 20.5 Å². The first kappa shape index (κ1) is 31.0. The Morgan fingerprint density at radius 1 is 1.07 bits per heavy atom. The lowest BCUT2D eigenvalue weighted by Crippen LogP contribution is -2.52. The third-order valence-corrected chi connectivity index (χ3v) is 9.26. The van der Waals surface area contributed by atoms with Gasteiger partial charge in [0.1, 0.15) is 12.1 Å². The van der Waals surface area contributed by atoms with Crippen molar-refractivity contribution < 1.29 is 4.42 Å². The van der Waals surface area contributed by atoms with Crippen LogP contribution in [0.5, 0.6) is 0 Å². The maximum atomic E-state index is 9.97. The summed E-state index contributed by atoms with van der Waals surface area (Å²) in [6, 6.07) is 11.6. The molecule has 0 unspecified atom stereocenters. The summed E-state index contributed by atoms with van der Waals surface area (Å²) in [6.45, 7) is 12.7. The Hall–Kier alpha value is -4.01. The number of aromatic nitrogens is 2. The molecule has 0 spiro atoms. The summed E-state index contributed by atoms with van der Waals surface area (Å²) < 4.78 is 5.90. The second kappa shape index (κ2) is 12.4. The highest BCUT2D eigenvalue weighted by Gasteiger charge is 2.33. The van der Waals surface area contributed by atoms with E-state index in [-0.39, 0.29) is 5.54 Å². The fourth-order valence-corrected chi connectivity index (χ4v) is 6.37. The van der Waals surface area contributed by atoms with Gasteiger partial charge in [0.15, 0.2) is 12.2 Å². The Labute approximate surface area is 273 Å². The van der Waals surface area contributed by atoms with Crippen molar-refractivity contribution in [1.29, 1.82) is 5.26 Å². The van der Waals surface area contributed by atoms with Crippen LogP contribution in [0.2, 0.25) is 10.0 Å². The number of pyridine rings is 1. The lowest BCUT2D eigenvalue weighted by atomic mass is 9.98. The van der Waals surface area contributed by atoms with Gasteiger partial charge in [-0.1, -0.05) is 29.3 Å². The Morgan fingerprint density at radius 2 is 1.82 bits per heavy atom. The number of halogens is 2. The third kappa shape index (κ3) is 6.40. The summed E-state index contributed by atoms with van der Waals surface area (Å²) in [5.74, 6) is 0.674. The zero-order valence-corrected chi connectivity index (χ0v) is 27.5. The van der Waals surface area contributed by atoms with Gasteiger partial charge in [0, 0.05) is 58.9 Å². The molecule has 0 amide bonds. The van der Waals surface area contributed by atoms with Crippen LogP contribution in [0, 0.1) is 25.2 Å². The molecule has 4 aromatic rings. The minimum Gasteiger partial charge on any atom is -0.446 e. The number of hydrogen-bond acceptors (Lipinski definition) is 10. The Balaban J connectivity index is 1.33. The largest absolute Gasteiger partial charge is 0.446 e. The van der Waals surface area contributed by atoms with E-state index in [1.165, 1.54) is 12.6 Å². The fraction of sp³-hybridized carbons (Fsp3) is 0.364. The summed E-state index contributed by atoms with van der Waals surface area (Å²) in [4.78, 5) is 11.4. The highest BCUT2D eigenvalue weighted by molar-refractivity contribution is 6.36. The molecule has 1 saturated heterocycles. The maximum Gasteiger partial charge on any atom is 0.181 e. The molecule has 4 heterocycles. The standard InChI is InChI=1S/C33H37Cl2N9O/c1-19-6-7-22(13-26(19)34)39-29-21(15-36)16-37-30-25(29)12-23(14-27(30)35)40-31(32-20(2)38-18-45-32)28-17-44(42-41-28)24-8-10-43(11-9-24)33(3,4)5/h6-7,12-14,16-18,24,31,40-42H,8-11H2,1-5H3,(H,37,39)/t31-/m1/s1. The summed E-state index contributed by atoms with van der Waals surface area (Å²) in [5.41, 5.74) is 12.5. The van der Waals surface area contributed by atoms with Crippen molar-refractivity contribution in [2.75, 3.05) is 23.7 Å². The molecular formula is C33H37Cl2N9O. The van der Waals surface area contributed by atoms with Crippen molar-refractivity contribution in [2.24, 2.45) is 0 Å². The second-order valence-corrected chi connectivity index (χ2v) is 13.4. The quantitative estimate of drug-likeness (QED) is 0.162. The van der Waals surface area contributed by atoms with Crippen LogP contribution in [0.25, 0.3) is 10.9 Å². The molecule has 234 valence electrons. The van der Waals surface area contributed by atoms with Crippen molar-refractivity contribution in [3.05, 3.63) is 87.4 Å². The highest BCUT2D eigenvalue weighted by Crippen LogP contribution is 2.38. The van der Waals surface area contributed by atoms with E-state index in [1.807, 2.05) is 44.2 Å². The Kier molecular flexibility index (Phi) is 8.55. The molecular weight excluding hydrogens is 609 g/mol. The molecule has 1 atom stereocenters. The number of anilines is 3. The van der Waals surface area contributed by atoms with E-state index >= 15 is 0 Å². The predicted molar refractivity (Wildman–Crippen MR) is 179 cm³/mol. The van der Waals surface area contributed by atoms with Crippen LogP contribution in [0.3, 0.4) is 0 Å². The number of hydrazine groups is 2. The fourth-order valence-electron chi connectivity index (χ4n) is 5.92. The topological polar surface area (TPSA) is 117 Å². The lowest BCUT2D eigenvalue weighted by molar-refractivity contribution is 0.0570. The molecule has 6 rings (SSSR count). The zero-order valence-electron chi connectivity index (χ0n) is 26.0. The number of piperidine rings is 1. The van der Waals surface area contributed by atoms with Gasteiger partial charge >= 0.3 is 0 Å². The monoisotopic (exact) mass is 645 g/mol. The van der Waals surface area contributed by atoms with Crippen molar-refractivity contribution >= 4 is 51.2 Å². The smallest absolute Gasteiger partial charge is 0.181 e. The summed E-state index contributed by atoms with van der Waals surface area (Å²) >= 11 is 13.2. The molecule has 2 aromatic carbocycles. The van der Waals surface area contributed by atoms with E-state index < -0.39 is 6.04 Å². The molecule has 12 heteroatoms. The normalized spacial score (nSPS) is 16.8. The zero-order chi connectivity index (χ0) is 31.9. The average molecular weight is 647 g/mol. The highest BCUT2D eigenvalue weighted by atomic mass is 35.5. The minimum absolute atomic E-state index is 0.161. The van der Waals surface area contributed by atoms with Gasteiger partial charge in [0.25, 0.3) is 0 Å². The number of oxazole rings is 1. The van der Waals surface area contributed by atoms with Crippen LogP contribution >= 0.6 is 23.2 Å². The number of nitrogens with zero attached hydrogens (tertiary/aromatic N) is 5. The van der Waals surface area contributed by atoms with E-state index in [0.717, 1.165) is 54.3 Å². The van der Waals surface area contributed by atoms with Crippen LogP contribution < -0.4 is 21.6 Å². The van der Waals surface area contributed by atoms with Gasteiger partial charge in [-0.25, -0.2) is 4.98 Å². The van der Waals surface area contributed by atoms with Crippen LogP contribution in [-0.4, -0.2) is 44.5 Å². The van der Waals surface area contributed by atoms with Crippen molar-refractivity contribution in [3.63, 3.8) is 0 Å². The molecule has 1 fully saturated rings. The maximum absolute atomic E-state index is 9.97. The van der Waals surface area contributed by atoms with Gasteiger partial charge in [-0.15, -0.1) is 5.53 Å². The lowest BCUT2D eigenvalue weighted by Gasteiger charge is -2.42. The molecule has 0 bridgehead atoms. The number of rotatable bonds is 7. The average Bonchev–Trinajstić information content (AvgIpc) is 3.67. The molecule has 2 aliphatic heterocycles. The van der Waals surface area contributed by atoms with Crippen LogP contribution in [0.1, 0.15) is 62.2 Å².